The van der Waals surface area contributed by atoms with Crippen LogP contribution < -0.4 is 5.43 Å². The number of nitrogens with zero attached hydrogens (tertiary/aromatic N) is 4. The Balaban J connectivity index is 1.74. The molecule has 6 nitrogen and oxygen atoms in total. The molecule has 8 heteroatoms. The van der Waals surface area contributed by atoms with Crippen LogP contribution in [0.15, 0.2) is 53.9 Å². The third-order valence-corrected chi connectivity index (χ3v) is 4.44. The van der Waals surface area contributed by atoms with Gasteiger partial charge in [0.15, 0.2) is 0 Å². The number of amides is 1. The van der Waals surface area contributed by atoms with Crippen LogP contribution in [0.1, 0.15) is 27.2 Å². The fourth-order valence-electron chi connectivity index (χ4n) is 2.32. The zero-order chi connectivity index (χ0) is 18.5. The molecule has 0 saturated heterocycles. The minimum atomic E-state index is -0.355. The maximum atomic E-state index is 12.0. The Kier molecular flexibility index (Phi) is 5.65. The molecule has 0 aliphatic rings. The summed E-state index contributed by atoms with van der Waals surface area (Å²) in [7, 11) is 0. The van der Waals surface area contributed by atoms with Gasteiger partial charge in [-0.3, -0.25) is 9.78 Å². The summed E-state index contributed by atoms with van der Waals surface area (Å²) in [6.07, 6.45) is 4.53. The smallest absolute Gasteiger partial charge is 0.267 e. The molecule has 3 rings (SSSR count). The third-order valence-electron chi connectivity index (χ3n) is 3.67. The number of rotatable bonds is 5. The Hall–Kier alpha value is -2.70. The van der Waals surface area contributed by atoms with E-state index in [0.29, 0.717) is 33.5 Å². The van der Waals surface area contributed by atoms with Crippen molar-refractivity contribution in [3.05, 3.63) is 81.4 Å². The second kappa shape index (κ2) is 8.12. The van der Waals surface area contributed by atoms with Crippen LogP contribution in [0.4, 0.5) is 0 Å². The fourth-order valence-corrected chi connectivity index (χ4v) is 2.80. The third kappa shape index (κ3) is 4.09. The number of hydrogen-bond acceptors (Lipinski definition) is 4. The maximum Gasteiger partial charge on any atom is 0.272 e. The predicted octanol–water partition coefficient (Wildman–Crippen LogP) is 3.71. The molecule has 0 fully saturated rings. The van der Waals surface area contributed by atoms with Crippen LogP contribution >= 0.6 is 23.2 Å². The Bertz CT molecular complexity index is 953. The van der Waals surface area contributed by atoms with Gasteiger partial charge in [0.25, 0.3) is 5.91 Å². The number of aromatic nitrogens is 3. The number of carbonyl (C=O) groups is 1. The molecule has 0 unspecified atom stereocenters. The zero-order valence-electron chi connectivity index (χ0n) is 13.9. The van der Waals surface area contributed by atoms with Crippen LogP contribution in [-0.2, 0) is 6.54 Å². The topological polar surface area (TPSA) is 72.2 Å². The van der Waals surface area contributed by atoms with Crippen molar-refractivity contribution in [2.24, 2.45) is 5.10 Å². The van der Waals surface area contributed by atoms with E-state index in [1.807, 2.05) is 31.2 Å². The van der Waals surface area contributed by atoms with E-state index < -0.39 is 0 Å². The van der Waals surface area contributed by atoms with E-state index in [4.69, 9.17) is 23.2 Å². The van der Waals surface area contributed by atoms with Crippen molar-refractivity contribution >= 4 is 35.3 Å². The van der Waals surface area contributed by atoms with Crippen molar-refractivity contribution in [3.8, 4) is 0 Å². The van der Waals surface area contributed by atoms with Crippen LogP contribution in [0.25, 0.3) is 0 Å². The van der Waals surface area contributed by atoms with E-state index in [2.05, 4.69) is 20.6 Å². The Morgan fingerprint density at radius 1 is 1.27 bits per heavy atom. The van der Waals surface area contributed by atoms with Crippen LogP contribution in [0.3, 0.4) is 0 Å². The maximum absolute atomic E-state index is 12.0. The first kappa shape index (κ1) is 18.1. The number of aryl methyl sites for hydroxylation is 1. The molecule has 132 valence electrons. The van der Waals surface area contributed by atoms with Gasteiger partial charge in [-0.25, -0.2) is 10.1 Å². The average molecular weight is 388 g/mol. The van der Waals surface area contributed by atoms with Crippen LogP contribution in [0, 0.1) is 6.92 Å². The van der Waals surface area contributed by atoms with Crippen molar-refractivity contribution < 1.29 is 4.79 Å². The van der Waals surface area contributed by atoms with Crippen LogP contribution in [-0.4, -0.2) is 26.9 Å². The van der Waals surface area contributed by atoms with E-state index in [1.165, 1.54) is 12.4 Å². The summed E-state index contributed by atoms with van der Waals surface area (Å²) < 4.78 is 1.64. The van der Waals surface area contributed by atoms with Crippen LogP contribution in [0.5, 0.6) is 0 Å². The molecule has 26 heavy (non-hydrogen) atoms. The number of halogens is 2. The molecular weight excluding hydrogens is 373 g/mol. The summed E-state index contributed by atoms with van der Waals surface area (Å²) in [5.74, 6) is -0.355. The van der Waals surface area contributed by atoms with Gasteiger partial charge in [0.1, 0.15) is 5.15 Å². The number of pyridine rings is 1. The number of carbonyl (C=O) groups excluding carboxylic acids is 1. The molecule has 0 saturated carbocycles. The standard InChI is InChI=1S/C18H15Cl2N5O/c1-12-15(10-22-23-18(26)13-6-4-8-21-9-13)17(20)25(24-12)11-14-5-2-3-7-16(14)19/h2-10H,11H2,1H3,(H,23,26)/b22-10-. The van der Waals surface area contributed by atoms with E-state index in [9.17, 15) is 4.79 Å². The van der Waals surface area contributed by atoms with Gasteiger partial charge in [0, 0.05) is 17.4 Å². The Labute approximate surface area is 160 Å². The van der Waals surface area contributed by atoms with Crippen molar-refractivity contribution in [2.45, 2.75) is 13.5 Å². The summed E-state index contributed by atoms with van der Waals surface area (Å²) in [5, 5.41) is 9.44. The first-order valence-corrected chi connectivity index (χ1v) is 8.51. The molecule has 2 heterocycles. The molecule has 0 radical (unpaired) electrons. The lowest BCUT2D eigenvalue weighted by atomic mass is 10.2. The Morgan fingerprint density at radius 2 is 2.08 bits per heavy atom. The van der Waals surface area contributed by atoms with E-state index >= 15 is 0 Å². The first-order chi connectivity index (χ1) is 12.6. The summed E-state index contributed by atoms with van der Waals surface area (Å²) in [4.78, 5) is 15.8. The summed E-state index contributed by atoms with van der Waals surface area (Å²) in [5.41, 5.74) is 5.10. The van der Waals surface area contributed by atoms with Gasteiger partial charge >= 0.3 is 0 Å². The zero-order valence-corrected chi connectivity index (χ0v) is 15.4. The largest absolute Gasteiger partial charge is 0.272 e. The summed E-state index contributed by atoms with van der Waals surface area (Å²) >= 11 is 12.6. The second-order valence-corrected chi connectivity index (χ2v) is 6.24. The fraction of sp³-hybridized carbons (Fsp3) is 0.111. The van der Waals surface area contributed by atoms with Crippen molar-refractivity contribution in [1.82, 2.24) is 20.2 Å². The van der Waals surface area contributed by atoms with Crippen molar-refractivity contribution in [2.75, 3.05) is 0 Å². The number of hydrogen-bond donors (Lipinski definition) is 1. The first-order valence-electron chi connectivity index (χ1n) is 7.76. The SMILES string of the molecule is Cc1nn(Cc2ccccc2Cl)c(Cl)c1/C=N\NC(=O)c1cccnc1. The van der Waals surface area contributed by atoms with Crippen LogP contribution in [0.2, 0.25) is 10.2 Å². The summed E-state index contributed by atoms with van der Waals surface area (Å²) in [6.45, 7) is 2.26. The number of nitrogens with one attached hydrogen (secondary N) is 1. The van der Waals surface area contributed by atoms with Gasteiger partial charge < -0.3 is 0 Å². The van der Waals surface area contributed by atoms with Crippen molar-refractivity contribution in [1.29, 1.82) is 0 Å². The molecule has 1 amide bonds. The van der Waals surface area contributed by atoms with Gasteiger partial charge in [-0.1, -0.05) is 41.4 Å². The summed E-state index contributed by atoms with van der Waals surface area (Å²) in [6, 6.07) is 10.8. The second-order valence-electron chi connectivity index (χ2n) is 5.48. The average Bonchev–Trinajstić information content (AvgIpc) is 2.91. The molecule has 2 aromatic heterocycles. The minimum Gasteiger partial charge on any atom is -0.267 e. The van der Waals surface area contributed by atoms with E-state index in [1.54, 1.807) is 23.0 Å². The molecule has 1 aromatic carbocycles. The Morgan fingerprint density at radius 3 is 2.81 bits per heavy atom. The van der Waals surface area contributed by atoms with Crippen molar-refractivity contribution in [3.63, 3.8) is 0 Å². The molecule has 3 aromatic rings. The lowest BCUT2D eigenvalue weighted by Gasteiger charge is -2.05. The van der Waals surface area contributed by atoms with Gasteiger partial charge in [-0.15, -0.1) is 0 Å². The molecule has 0 atom stereocenters. The van der Waals surface area contributed by atoms with Gasteiger partial charge in [0.2, 0.25) is 0 Å². The van der Waals surface area contributed by atoms with Gasteiger partial charge in [-0.05, 0) is 30.7 Å². The quantitative estimate of drug-likeness (QED) is 0.535. The highest BCUT2D eigenvalue weighted by Crippen LogP contribution is 2.22. The van der Waals surface area contributed by atoms with Gasteiger partial charge in [0.05, 0.1) is 29.6 Å². The number of benzene rings is 1. The monoisotopic (exact) mass is 387 g/mol. The highest BCUT2D eigenvalue weighted by molar-refractivity contribution is 6.32. The molecule has 1 N–H and O–H groups in total. The minimum absolute atomic E-state index is 0.355. The molecule has 0 bridgehead atoms. The lowest BCUT2D eigenvalue weighted by molar-refractivity contribution is 0.0955. The molecule has 0 aliphatic carbocycles. The molecule has 0 aliphatic heterocycles. The van der Waals surface area contributed by atoms with E-state index in [-0.39, 0.29) is 5.91 Å². The number of hydrazone groups is 1. The van der Waals surface area contributed by atoms with Gasteiger partial charge in [-0.2, -0.15) is 10.2 Å². The lowest BCUT2D eigenvalue weighted by Crippen LogP contribution is -2.17. The highest BCUT2D eigenvalue weighted by Gasteiger charge is 2.13. The van der Waals surface area contributed by atoms with E-state index in [0.717, 1.165) is 5.56 Å². The molecular formula is C18H15Cl2N5O. The molecule has 0 spiro atoms. The highest BCUT2D eigenvalue weighted by atomic mass is 35.5. The normalized spacial score (nSPS) is 11.0. The predicted molar refractivity (Wildman–Crippen MR) is 102 cm³/mol.